The van der Waals surface area contributed by atoms with E-state index in [1.807, 2.05) is 30.3 Å². The van der Waals surface area contributed by atoms with E-state index in [9.17, 15) is 9.18 Å². The van der Waals surface area contributed by atoms with Gasteiger partial charge in [0.1, 0.15) is 13.9 Å². The van der Waals surface area contributed by atoms with Crippen LogP contribution in [0.2, 0.25) is 19.6 Å². The molecule has 35 heavy (non-hydrogen) atoms. The van der Waals surface area contributed by atoms with Crippen LogP contribution < -0.4 is 4.90 Å². The van der Waals surface area contributed by atoms with Crippen LogP contribution in [-0.2, 0) is 11.3 Å². The van der Waals surface area contributed by atoms with Crippen LogP contribution in [0.25, 0.3) is 11.1 Å². The van der Waals surface area contributed by atoms with Crippen LogP contribution in [0.5, 0.6) is 0 Å². The van der Waals surface area contributed by atoms with E-state index in [0.29, 0.717) is 28.8 Å². The fourth-order valence-corrected chi connectivity index (χ4v) is 4.57. The number of anilines is 1. The van der Waals surface area contributed by atoms with Gasteiger partial charge in [0.05, 0.1) is 18.7 Å². The van der Waals surface area contributed by atoms with E-state index >= 15 is 0 Å². The number of aryl methyl sites for hydroxylation is 1. The highest BCUT2D eigenvalue weighted by molar-refractivity contribution is 6.84. The van der Waals surface area contributed by atoms with Crippen molar-refractivity contribution < 1.29 is 13.6 Å². The van der Waals surface area contributed by atoms with E-state index in [2.05, 4.69) is 41.3 Å². The molecule has 2 aromatic carbocycles. The number of aromatic nitrogens is 2. The molecule has 0 bridgehead atoms. The lowest BCUT2D eigenvalue weighted by molar-refractivity contribution is -0.117. The molecule has 3 aromatic rings. The molecule has 1 aromatic heterocycles. The summed E-state index contributed by atoms with van der Waals surface area (Å²) in [6.07, 6.45) is 2.17. The predicted molar refractivity (Wildman–Crippen MR) is 138 cm³/mol. The molecule has 1 aliphatic heterocycles. The molecule has 0 radical (unpaired) electrons. The molecule has 7 heteroatoms. The fourth-order valence-electron chi connectivity index (χ4n) is 4.07. The maximum atomic E-state index is 14.3. The lowest BCUT2D eigenvalue weighted by Gasteiger charge is -2.23. The Kier molecular flexibility index (Phi) is 5.93. The first-order chi connectivity index (χ1) is 16.7. The summed E-state index contributed by atoms with van der Waals surface area (Å²) >= 11 is 0. The number of para-hydroxylation sites is 1. The number of fused-ring (bicyclic) bond motifs is 1. The van der Waals surface area contributed by atoms with Crippen molar-refractivity contribution in [3.8, 4) is 11.5 Å². The first-order valence-electron chi connectivity index (χ1n) is 11.9. The first-order valence-corrected chi connectivity index (χ1v) is 15.4. The molecule has 0 atom stereocenters. The number of carbonyl (C=O) groups is 1. The van der Waals surface area contributed by atoms with Crippen molar-refractivity contribution in [2.24, 2.45) is 0 Å². The number of halogens is 1. The Bertz CT molecular complexity index is 1400. The summed E-state index contributed by atoms with van der Waals surface area (Å²) in [5.74, 6) is 4.31. The van der Waals surface area contributed by atoms with Gasteiger partial charge in [-0.2, -0.15) is 0 Å². The van der Waals surface area contributed by atoms with Gasteiger partial charge in [-0.1, -0.05) is 55.9 Å². The molecular formula is C28H28FN3O2Si. The van der Waals surface area contributed by atoms with Gasteiger partial charge in [0, 0.05) is 22.6 Å². The molecule has 1 aliphatic carbocycles. The summed E-state index contributed by atoms with van der Waals surface area (Å²) in [6.45, 7) is 8.54. The molecule has 2 heterocycles. The van der Waals surface area contributed by atoms with Gasteiger partial charge < -0.3 is 9.32 Å². The lowest BCUT2D eigenvalue weighted by atomic mass is 9.98. The van der Waals surface area contributed by atoms with E-state index in [4.69, 9.17) is 4.42 Å². The molecule has 0 unspecified atom stereocenters. The monoisotopic (exact) mass is 485 g/mol. The van der Waals surface area contributed by atoms with Crippen molar-refractivity contribution in [2.45, 2.75) is 58.3 Å². The Morgan fingerprint density at radius 2 is 1.91 bits per heavy atom. The summed E-state index contributed by atoms with van der Waals surface area (Å²) in [5.41, 5.74) is 7.76. The van der Waals surface area contributed by atoms with Crippen LogP contribution in [0.1, 0.15) is 53.7 Å². The molecule has 1 amide bonds. The summed E-state index contributed by atoms with van der Waals surface area (Å²) in [4.78, 5) is 15.4. The molecular weight excluding hydrogens is 457 g/mol. The van der Waals surface area contributed by atoms with Crippen LogP contribution in [0, 0.1) is 24.2 Å². The zero-order valence-corrected chi connectivity index (χ0v) is 21.5. The van der Waals surface area contributed by atoms with Crippen LogP contribution in [0.4, 0.5) is 10.1 Å². The third-order valence-electron chi connectivity index (χ3n) is 6.16. The summed E-state index contributed by atoms with van der Waals surface area (Å²) in [6, 6.07) is 12.8. The fraction of sp³-hybridized carbons (Fsp3) is 0.321. The predicted octanol–water partition coefficient (Wildman–Crippen LogP) is 6.12. The number of hydrogen-bond donors (Lipinski definition) is 0. The first kappa shape index (κ1) is 23.2. The van der Waals surface area contributed by atoms with E-state index in [0.717, 1.165) is 35.2 Å². The third-order valence-corrected chi connectivity index (χ3v) is 7.03. The lowest BCUT2D eigenvalue weighted by Crippen LogP contribution is -2.30. The Balaban J connectivity index is 1.64. The molecule has 0 N–H and O–H groups in total. The maximum Gasteiger partial charge on any atom is 0.245 e. The highest BCUT2D eigenvalue weighted by Crippen LogP contribution is 2.42. The smallest absolute Gasteiger partial charge is 0.245 e. The summed E-state index contributed by atoms with van der Waals surface area (Å²) in [5, 5.41) is 8.58. The summed E-state index contributed by atoms with van der Waals surface area (Å²) in [7, 11) is -1.72. The van der Waals surface area contributed by atoms with Crippen LogP contribution in [-0.4, -0.2) is 24.2 Å². The maximum absolute atomic E-state index is 14.3. The number of hydrogen-bond acceptors (Lipinski definition) is 4. The Morgan fingerprint density at radius 1 is 1.14 bits per heavy atom. The molecule has 0 saturated heterocycles. The van der Waals surface area contributed by atoms with Crippen LogP contribution in [0.15, 0.2) is 46.9 Å². The Labute approximate surface area is 206 Å². The summed E-state index contributed by atoms with van der Waals surface area (Å²) < 4.78 is 20.3. The molecule has 178 valence electrons. The molecule has 0 spiro atoms. The molecule has 2 aliphatic rings. The number of benzene rings is 2. The van der Waals surface area contributed by atoms with Gasteiger partial charge >= 0.3 is 0 Å². The van der Waals surface area contributed by atoms with Crippen molar-refractivity contribution in [2.75, 3.05) is 4.90 Å². The average molecular weight is 486 g/mol. The van der Waals surface area contributed by atoms with Crippen molar-refractivity contribution >= 4 is 30.8 Å². The quantitative estimate of drug-likeness (QED) is 0.330. The van der Waals surface area contributed by atoms with Gasteiger partial charge in [-0.25, -0.2) is 4.39 Å². The van der Waals surface area contributed by atoms with Gasteiger partial charge in [0.2, 0.25) is 17.7 Å². The zero-order chi connectivity index (χ0) is 24.7. The Morgan fingerprint density at radius 3 is 2.63 bits per heavy atom. The van der Waals surface area contributed by atoms with Gasteiger partial charge in [-0.05, 0) is 43.0 Å². The minimum atomic E-state index is -1.72. The highest BCUT2D eigenvalue weighted by Gasteiger charge is 2.33. The second-order valence-corrected chi connectivity index (χ2v) is 15.1. The number of nitrogens with zero attached hydrogens (tertiary/aromatic N) is 3. The van der Waals surface area contributed by atoms with Crippen molar-refractivity contribution in [3.05, 3.63) is 76.8 Å². The van der Waals surface area contributed by atoms with Gasteiger partial charge in [-0.15, -0.1) is 15.7 Å². The van der Waals surface area contributed by atoms with Crippen LogP contribution >= 0.6 is 0 Å². The highest BCUT2D eigenvalue weighted by atomic mass is 28.3. The number of carbonyl (C=O) groups excluding carboxylic acids is 1. The third kappa shape index (κ3) is 4.98. The van der Waals surface area contributed by atoms with Crippen molar-refractivity contribution in [3.63, 3.8) is 0 Å². The largest absolute Gasteiger partial charge is 0.421 e. The number of amides is 1. The van der Waals surface area contributed by atoms with Gasteiger partial charge in [0.25, 0.3) is 0 Å². The number of rotatable bonds is 4. The van der Waals surface area contributed by atoms with E-state index in [1.165, 1.54) is 6.07 Å². The van der Waals surface area contributed by atoms with Gasteiger partial charge in [-0.3, -0.25) is 4.79 Å². The van der Waals surface area contributed by atoms with Crippen LogP contribution in [0.3, 0.4) is 0 Å². The topological polar surface area (TPSA) is 59.2 Å². The molecule has 1 fully saturated rings. The SMILES string of the molecule is Cc1ccc(CN2C(=O)CC(c3nnc(C4CC4)o3)=C(C#C[Si](C)(C)C)c3ccccc32)cc1F. The normalized spacial score (nSPS) is 16.0. The second kappa shape index (κ2) is 8.93. The van der Waals surface area contributed by atoms with Crippen molar-refractivity contribution in [1.29, 1.82) is 0 Å². The zero-order valence-electron chi connectivity index (χ0n) is 20.5. The minimum absolute atomic E-state index is 0.0744. The molecule has 5 rings (SSSR count). The van der Waals surface area contributed by atoms with Gasteiger partial charge in [0.15, 0.2) is 0 Å². The second-order valence-electron chi connectivity index (χ2n) is 10.3. The van der Waals surface area contributed by atoms with E-state index in [-0.39, 0.29) is 24.7 Å². The molecule has 1 saturated carbocycles. The Hall–Kier alpha value is -3.50. The minimum Gasteiger partial charge on any atom is -0.421 e. The standard InChI is InChI=1S/C28H28FN3O2Si/c1-18-9-10-19(15-24(18)29)17-32-25-8-6-5-7-22(25)21(13-14-35(2,3)4)23(16-26(32)33)28-31-30-27(34-28)20-11-12-20/h5-10,15,20H,11-12,16-17H2,1-4H3. The van der Waals surface area contributed by atoms with Crippen molar-refractivity contribution in [1.82, 2.24) is 10.2 Å². The van der Waals surface area contributed by atoms with E-state index < -0.39 is 8.07 Å². The average Bonchev–Trinajstić information content (AvgIpc) is 3.56. The number of allylic oxidation sites excluding steroid dienone is 1. The molecule has 5 nitrogen and oxygen atoms in total. The van der Waals surface area contributed by atoms with E-state index in [1.54, 1.807) is 17.9 Å².